The molecule has 6 heteroatoms. The second-order valence-corrected chi connectivity index (χ2v) is 11.8. The molecular weight excluding hydrogens is 388 g/mol. The maximum absolute atomic E-state index is 12.9. The van der Waals surface area contributed by atoms with Gasteiger partial charge in [0, 0.05) is 29.6 Å². The van der Waals surface area contributed by atoms with E-state index in [4.69, 9.17) is 4.18 Å². The van der Waals surface area contributed by atoms with Gasteiger partial charge in [0.25, 0.3) is 10.1 Å². The molecular formula is C23H32O5S. The highest BCUT2D eigenvalue weighted by Gasteiger charge is 2.64. The molecule has 4 aliphatic carbocycles. The van der Waals surface area contributed by atoms with E-state index in [1.54, 1.807) is 6.08 Å². The first-order valence-corrected chi connectivity index (χ1v) is 12.6. The van der Waals surface area contributed by atoms with Gasteiger partial charge in [-0.2, -0.15) is 8.42 Å². The Hall–Kier alpha value is -1.23. The van der Waals surface area contributed by atoms with E-state index < -0.39 is 21.6 Å². The monoisotopic (exact) mass is 420 g/mol. The number of allylic oxidation sites excluding steroid dienone is 1. The predicted molar refractivity (Wildman–Crippen MR) is 109 cm³/mol. The van der Waals surface area contributed by atoms with Crippen LogP contribution >= 0.6 is 0 Å². The van der Waals surface area contributed by atoms with Gasteiger partial charge in [0.1, 0.15) is 11.6 Å². The Balaban J connectivity index is 1.77. The molecule has 4 aliphatic rings. The zero-order chi connectivity index (χ0) is 21.2. The molecule has 4 saturated carbocycles. The number of carbonyl (C=O) groups is 2. The lowest BCUT2D eigenvalue weighted by atomic mass is 9.43. The van der Waals surface area contributed by atoms with Crippen molar-refractivity contribution in [3.05, 3.63) is 18.4 Å². The second kappa shape index (κ2) is 6.90. The molecule has 0 saturated heterocycles. The molecule has 4 rings (SSSR count). The normalized spacial score (nSPS) is 47.0. The second-order valence-electron chi connectivity index (χ2n) is 10.2. The summed E-state index contributed by atoms with van der Waals surface area (Å²) in [4.78, 5) is 25.5. The van der Waals surface area contributed by atoms with E-state index in [9.17, 15) is 18.0 Å². The Labute approximate surface area is 174 Å². The van der Waals surface area contributed by atoms with Crippen molar-refractivity contribution in [2.45, 2.75) is 64.9 Å². The van der Waals surface area contributed by atoms with E-state index in [2.05, 4.69) is 26.2 Å². The van der Waals surface area contributed by atoms with Crippen molar-refractivity contribution in [1.82, 2.24) is 0 Å². The molecule has 29 heavy (non-hydrogen) atoms. The van der Waals surface area contributed by atoms with Gasteiger partial charge >= 0.3 is 0 Å². The zero-order valence-corrected chi connectivity index (χ0v) is 18.5. The van der Waals surface area contributed by atoms with Crippen LogP contribution in [0.3, 0.4) is 0 Å². The molecule has 5 nitrogen and oxygen atoms in total. The van der Waals surface area contributed by atoms with Crippen LogP contribution in [0, 0.1) is 40.4 Å². The van der Waals surface area contributed by atoms with Crippen molar-refractivity contribution in [1.29, 1.82) is 0 Å². The van der Waals surface area contributed by atoms with Crippen molar-refractivity contribution < 1.29 is 22.2 Å². The third-order valence-corrected chi connectivity index (χ3v) is 9.61. The van der Waals surface area contributed by atoms with E-state index in [0.29, 0.717) is 24.0 Å². The standard InChI is InChI=1S/C23H32O5S/c1-5-6-15-17-8-7-14-16-9-10-20(25)22(16,2)12-11-18(14)23(17,3)21(13-19(15)24)28-29(4,26)27/h6,14-18,21H,1,7-13H2,2-4H3/t14-,15?,16-,17?,18-,21?,22-,23-/m0/s1. The number of carbonyl (C=O) groups excluding carboxylic acids is 2. The summed E-state index contributed by atoms with van der Waals surface area (Å²) < 4.78 is 29.7. The molecule has 0 aromatic heterocycles. The molecule has 0 N–H and O–H groups in total. The van der Waals surface area contributed by atoms with E-state index in [0.717, 1.165) is 38.4 Å². The Kier molecular flexibility index (Phi) is 5.00. The summed E-state index contributed by atoms with van der Waals surface area (Å²) in [6.45, 7) is 7.95. The van der Waals surface area contributed by atoms with Crippen molar-refractivity contribution in [2.75, 3.05) is 6.26 Å². The molecule has 8 atom stereocenters. The molecule has 0 spiro atoms. The first kappa shape index (κ1) is 21.0. The largest absolute Gasteiger partial charge is 0.299 e. The molecule has 0 aromatic rings. The van der Waals surface area contributed by atoms with Crippen LogP contribution < -0.4 is 0 Å². The highest BCUT2D eigenvalue weighted by molar-refractivity contribution is 7.86. The van der Waals surface area contributed by atoms with E-state index in [1.807, 2.05) is 0 Å². The van der Waals surface area contributed by atoms with Gasteiger partial charge in [0.15, 0.2) is 0 Å². The van der Waals surface area contributed by atoms with Gasteiger partial charge in [-0.05, 0) is 61.9 Å². The molecule has 160 valence electrons. The number of hydrogen-bond acceptors (Lipinski definition) is 5. The van der Waals surface area contributed by atoms with E-state index in [1.165, 1.54) is 0 Å². The van der Waals surface area contributed by atoms with Gasteiger partial charge in [-0.25, -0.2) is 0 Å². The fourth-order valence-electron chi connectivity index (χ4n) is 7.68. The quantitative estimate of drug-likeness (QED) is 0.514. The molecule has 3 unspecified atom stereocenters. The lowest BCUT2D eigenvalue weighted by Gasteiger charge is -2.62. The van der Waals surface area contributed by atoms with Crippen LogP contribution in [-0.4, -0.2) is 32.3 Å². The third-order valence-electron chi connectivity index (χ3n) is 9.03. The van der Waals surface area contributed by atoms with Gasteiger partial charge < -0.3 is 0 Å². The van der Waals surface area contributed by atoms with Crippen molar-refractivity contribution in [2.24, 2.45) is 40.4 Å². The average Bonchev–Trinajstić information content (AvgIpc) is 2.93. The summed E-state index contributed by atoms with van der Waals surface area (Å²) in [7, 11) is -3.69. The summed E-state index contributed by atoms with van der Waals surface area (Å²) in [6.07, 6.45) is 7.47. The number of rotatable bonds is 3. The van der Waals surface area contributed by atoms with Crippen LogP contribution in [0.25, 0.3) is 0 Å². The van der Waals surface area contributed by atoms with Crippen LogP contribution in [0.4, 0.5) is 0 Å². The minimum atomic E-state index is -3.69. The number of ketones is 2. The fraction of sp³-hybridized carbons (Fsp3) is 0.783. The van der Waals surface area contributed by atoms with Crippen LogP contribution in [-0.2, 0) is 23.9 Å². The lowest BCUT2D eigenvalue weighted by Crippen LogP contribution is -2.61. The van der Waals surface area contributed by atoms with Crippen molar-refractivity contribution in [3.8, 4) is 0 Å². The summed E-state index contributed by atoms with van der Waals surface area (Å²) in [5.41, 5.74) is 2.14. The minimum Gasteiger partial charge on any atom is -0.299 e. The van der Waals surface area contributed by atoms with Gasteiger partial charge in [0.05, 0.1) is 12.4 Å². The highest BCUT2D eigenvalue weighted by Crippen LogP contribution is 2.66. The first-order valence-electron chi connectivity index (χ1n) is 10.8. The Morgan fingerprint density at radius 2 is 1.83 bits per heavy atom. The molecule has 4 fully saturated rings. The molecule has 0 aliphatic heterocycles. The topological polar surface area (TPSA) is 77.5 Å². The molecule has 0 radical (unpaired) electrons. The Morgan fingerprint density at radius 3 is 2.48 bits per heavy atom. The van der Waals surface area contributed by atoms with Crippen molar-refractivity contribution in [3.63, 3.8) is 0 Å². The maximum Gasteiger partial charge on any atom is 0.264 e. The Bertz CT molecular complexity index is 885. The molecule has 0 aromatic carbocycles. The van der Waals surface area contributed by atoms with Crippen molar-refractivity contribution >= 4 is 21.7 Å². The minimum absolute atomic E-state index is 0.0208. The SMILES string of the molecule is C=C=CC1C(=O)CC(OS(C)(=O)=O)[C@@]2(C)C1CC[C@@H]1[C@@H]2CC[C@]2(C)C(=O)CC[C@@H]12. The molecule has 0 bridgehead atoms. The fourth-order valence-corrected chi connectivity index (χ4v) is 8.38. The molecule has 0 amide bonds. The first-order chi connectivity index (χ1) is 13.5. The van der Waals surface area contributed by atoms with E-state index >= 15 is 0 Å². The summed E-state index contributed by atoms with van der Waals surface area (Å²) in [6, 6.07) is 0. The zero-order valence-electron chi connectivity index (χ0n) is 17.6. The van der Waals surface area contributed by atoms with Gasteiger partial charge in [0.2, 0.25) is 0 Å². The smallest absolute Gasteiger partial charge is 0.264 e. The van der Waals surface area contributed by atoms with Gasteiger partial charge in [-0.3, -0.25) is 13.8 Å². The van der Waals surface area contributed by atoms with Crippen LogP contribution in [0.5, 0.6) is 0 Å². The predicted octanol–water partition coefficient (Wildman–Crippen LogP) is 3.69. The highest BCUT2D eigenvalue weighted by atomic mass is 32.2. The number of fused-ring (bicyclic) bond motifs is 5. The van der Waals surface area contributed by atoms with Crippen LogP contribution in [0.15, 0.2) is 18.4 Å². The Morgan fingerprint density at radius 1 is 1.10 bits per heavy atom. The average molecular weight is 421 g/mol. The summed E-state index contributed by atoms with van der Waals surface area (Å²) >= 11 is 0. The third kappa shape index (κ3) is 3.10. The number of hydrogen-bond donors (Lipinski definition) is 0. The van der Waals surface area contributed by atoms with Crippen LogP contribution in [0.2, 0.25) is 0 Å². The maximum atomic E-state index is 12.9. The lowest BCUT2D eigenvalue weighted by molar-refractivity contribution is -0.172. The van der Waals surface area contributed by atoms with Gasteiger partial charge in [-0.1, -0.05) is 20.4 Å². The summed E-state index contributed by atoms with van der Waals surface area (Å²) in [5, 5.41) is 0. The van der Waals surface area contributed by atoms with Gasteiger partial charge in [-0.15, -0.1) is 5.73 Å². The van der Waals surface area contributed by atoms with E-state index in [-0.39, 0.29) is 35.4 Å². The molecule has 0 heterocycles. The number of Topliss-reactive ketones (excluding diaryl/α,β-unsaturated/α-hetero) is 2. The summed E-state index contributed by atoms with van der Waals surface area (Å²) in [5.74, 6) is 1.15. The van der Waals surface area contributed by atoms with Crippen LogP contribution in [0.1, 0.15) is 58.8 Å².